The molecule has 4 N–H and O–H groups in total. The van der Waals surface area contributed by atoms with Gasteiger partial charge in [0.05, 0.1) is 0 Å². The van der Waals surface area contributed by atoms with E-state index >= 15 is 0 Å². The van der Waals surface area contributed by atoms with Crippen LogP contribution in [0.15, 0.2) is 60.8 Å². The minimum Gasteiger partial charge on any atom is -0.445 e. The minimum absolute atomic E-state index is 0.0614. The maximum absolute atomic E-state index is 13.9. The van der Waals surface area contributed by atoms with E-state index in [1.54, 1.807) is 0 Å². The second kappa shape index (κ2) is 16.8. The van der Waals surface area contributed by atoms with E-state index in [1.165, 1.54) is 0 Å². The van der Waals surface area contributed by atoms with Crippen LogP contribution < -0.4 is 16.0 Å². The number of H-pyrrole nitrogens is 1. The number of hydrogen-bond acceptors (Lipinski definition) is 5. The highest BCUT2D eigenvalue weighted by molar-refractivity contribution is 6.84. The van der Waals surface area contributed by atoms with Crippen LogP contribution in [0.25, 0.3) is 10.9 Å². The Labute approximate surface area is 273 Å². The predicted octanol–water partition coefficient (Wildman–Crippen LogP) is 5.52. The van der Waals surface area contributed by atoms with Crippen molar-refractivity contribution < 1.29 is 23.9 Å². The molecule has 3 aromatic rings. The number of benzene rings is 2. The van der Waals surface area contributed by atoms with Crippen LogP contribution in [0.4, 0.5) is 4.79 Å². The number of rotatable bonds is 14. The molecule has 0 aliphatic heterocycles. The summed E-state index contributed by atoms with van der Waals surface area (Å²) >= 11 is 0. The molecular weight excluding hydrogens is 597 g/mol. The molecule has 0 saturated carbocycles. The second-order valence-electron chi connectivity index (χ2n) is 12.9. The normalized spacial score (nSPS) is 14.5. The van der Waals surface area contributed by atoms with Gasteiger partial charge in [-0.15, -0.1) is 5.54 Å². The van der Waals surface area contributed by atoms with Crippen molar-refractivity contribution in [3.8, 4) is 11.5 Å². The van der Waals surface area contributed by atoms with Crippen molar-refractivity contribution in [2.75, 3.05) is 0 Å². The molecule has 0 aliphatic carbocycles. The molecule has 0 unspecified atom stereocenters. The lowest BCUT2D eigenvalue weighted by molar-refractivity contribution is -0.133. The van der Waals surface area contributed by atoms with Crippen molar-refractivity contribution in [1.29, 1.82) is 0 Å². The van der Waals surface area contributed by atoms with Crippen LogP contribution >= 0.6 is 0 Å². The van der Waals surface area contributed by atoms with Crippen molar-refractivity contribution in [3.05, 3.63) is 71.9 Å². The fourth-order valence-corrected chi connectivity index (χ4v) is 5.36. The first-order valence-electron chi connectivity index (χ1n) is 16.0. The van der Waals surface area contributed by atoms with Crippen LogP contribution in [0.1, 0.15) is 51.7 Å². The van der Waals surface area contributed by atoms with Crippen molar-refractivity contribution in [2.24, 2.45) is 11.8 Å². The number of carbonyl (C=O) groups is 4. The van der Waals surface area contributed by atoms with E-state index in [0.717, 1.165) is 22.0 Å². The molecule has 0 spiro atoms. The van der Waals surface area contributed by atoms with E-state index in [4.69, 9.17) is 4.74 Å². The summed E-state index contributed by atoms with van der Waals surface area (Å²) in [7, 11) is -1.86. The first-order chi connectivity index (χ1) is 21.8. The lowest BCUT2D eigenvalue weighted by Gasteiger charge is -2.29. The number of nitrogens with one attached hydrogen (secondary N) is 4. The SMILES string of the molecule is CC[C@H](C)[C@H](NC(=O)OCc1ccccc1)C(=O)N[C@H](C(=O)N[C@@H](Cc1c[nH]c2ccccc12)C(=O)C#C[Si](C)(C)C)[C@@H](C)CC. The number of ketones is 1. The van der Waals surface area contributed by atoms with Gasteiger partial charge in [0.25, 0.3) is 0 Å². The Hall–Kier alpha value is -4.36. The Morgan fingerprint density at radius 2 is 1.41 bits per heavy atom. The Balaban J connectivity index is 1.81. The van der Waals surface area contributed by atoms with Gasteiger partial charge in [-0.2, -0.15) is 0 Å². The van der Waals surface area contributed by atoms with Crippen LogP contribution in [-0.2, 0) is 32.1 Å². The number of amides is 3. The number of fused-ring (bicyclic) bond motifs is 1. The molecule has 0 aliphatic rings. The molecule has 0 bridgehead atoms. The maximum atomic E-state index is 13.9. The molecule has 246 valence electrons. The van der Waals surface area contributed by atoms with Gasteiger partial charge in [0, 0.05) is 23.5 Å². The van der Waals surface area contributed by atoms with E-state index in [-0.39, 0.29) is 30.6 Å². The lowest BCUT2D eigenvalue weighted by Crippen LogP contribution is -2.59. The average molecular weight is 645 g/mol. The number of aromatic amines is 1. The minimum atomic E-state index is -1.86. The Morgan fingerprint density at radius 3 is 2.04 bits per heavy atom. The fourth-order valence-electron chi connectivity index (χ4n) is 4.87. The highest BCUT2D eigenvalue weighted by Gasteiger charge is 2.34. The Bertz CT molecular complexity index is 1550. The second-order valence-corrected chi connectivity index (χ2v) is 17.7. The summed E-state index contributed by atoms with van der Waals surface area (Å²) in [6.45, 7) is 13.8. The van der Waals surface area contributed by atoms with Gasteiger partial charge in [-0.1, -0.05) is 109 Å². The van der Waals surface area contributed by atoms with Gasteiger partial charge < -0.3 is 25.7 Å². The summed E-state index contributed by atoms with van der Waals surface area (Å²) in [5.41, 5.74) is 5.75. The van der Waals surface area contributed by atoms with E-state index in [1.807, 2.05) is 108 Å². The first-order valence-corrected chi connectivity index (χ1v) is 19.5. The van der Waals surface area contributed by atoms with Gasteiger partial charge in [-0.3, -0.25) is 14.4 Å². The molecule has 0 radical (unpaired) electrons. The number of alkyl carbamates (subject to hydrolysis) is 1. The third kappa shape index (κ3) is 10.6. The molecule has 9 nitrogen and oxygen atoms in total. The van der Waals surface area contributed by atoms with Crippen molar-refractivity contribution in [3.63, 3.8) is 0 Å². The van der Waals surface area contributed by atoms with E-state index < -0.39 is 44.1 Å². The highest BCUT2D eigenvalue weighted by Crippen LogP contribution is 2.20. The molecule has 3 amide bonds. The molecule has 1 heterocycles. The summed E-state index contributed by atoms with van der Waals surface area (Å²) in [4.78, 5) is 57.0. The number of carbonyl (C=O) groups excluding carboxylic acids is 4. The van der Waals surface area contributed by atoms with Crippen LogP contribution in [0.3, 0.4) is 0 Å². The number of aromatic nitrogens is 1. The number of ether oxygens (including phenoxy) is 1. The van der Waals surface area contributed by atoms with Gasteiger partial charge in [0.1, 0.15) is 32.8 Å². The van der Waals surface area contributed by atoms with Crippen LogP contribution in [-0.4, -0.2) is 54.9 Å². The van der Waals surface area contributed by atoms with Crippen molar-refractivity contribution in [1.82, 2.24) is 20.9 Å². The zero-order chi connectivity index (χ0) is 33.9. The summed E-state index contributed by atoms with van der Waals surface area (Å²) in [5, 5.41) is 9.46. The number of Topliss-reactive ketones (excluding diaryl/α,β-unsaturated/α-hetero) is 1. The molecular formula is C36H48N4O5Si. The Kier molecular flexibility index (Phi) is 13.2. The standard InChI is InChI=1S/C36H48N4O5Si/c1-8-24(3)32(39-35(43)33(25(4)9-2)40-36(44)45-23-26-15-11-10-12-16-26)34(42)38-30(31(41)19-20-46(5,6)7)21-27-22-37-29-18-14-13-17-28(27)29/h10-18,22,24-25,30,32-33,37H,8-9,21,23H2,1-7H3,(H,38,42)(H,39,43)(H,40,44)/t24-,25-,30-,32-,33-/m0/s1. The molecule has 0 fully saturated rings. The number of hydrogen-bond donors (Lipinski definition) is 4. The van der Waals surface area contributed by atoms with E-state index in [9.17, 15) is 19.2 Å². The predicted molar refractivity (Wildman–Crippen MR) is 184 cm³/mol. The first kappa shape index (κ1) is 36.1. The molecule has 2 aromatic carbocycles. The van der Waals surface area contributed by atoms with Crippen molar-refractivity contribution in [2.45, 2.75) is 91.3 Å². The van der Waals surface area contributed by atoms with Gasteiger partial charge >= 0.3 is 6.09 Å². The monoisotopic (exact) mass is 644 g/mol. The maximum Gasteiger partial charge on any atom is 0.408 e. The largest absolute Gasteiger partial charge is 0.445 e. The van der Waals surface area contributed by atoms with Gasteiger partial charge in [-0.25, -0.2) is 4.79 Å². The zero-order valence-electron chi connectivity index (χ0n) is 28.0. The third-order valence-electron chi connectivity index (χ3n) is 8.07. The molecule has 3 rings (SSSR count). The van der Waals surface area contributed by atoms with Crippen molar-refractivity contribution >= 4 is 42.7 Å². The smallest absolute Gasteiger partial charge is 0.408 e. The average Bonchev–Trinajstić information content (AvgIpc) is 3.45. The third-order valence-corrected chi connectivity index (χ3v) is 8.94. The molecule has 0 saturated heterocycles. The highest BCUT2D eigenvalue weighted by atomic mass is 28.3. The van der Waals surface area contributed by atoms with Gasteiger partial charge in [0.2, 0.25) is 17.6 Å². The quantitative estimate of drug-likeness (QED) is 0.136. The molecule has 1 aromatic heterocycles. The number of para-hydroxylation sites is 1. The van der Waals surface area contributed by atoms with Crippen LogP contribution in [0.5, 0.6) is 0 Å². The molecule has 46 heavy (non-hydrogen) atoms. The van der Waals surface area contributed by atoms with Crippen LogP contribution in [0.2, 0.25) is 19.6 Å². The summed E-state index contributed by atoms with van der Waals surface area (Å²) < 4.78 is 5.37. The summed E-state index contributed by atoms with van der Waals surface area (Å²) in [6.07, 6.45) is 2.56. The molecule has 5 atom stereocenters. The molecule has 10 heteroatoms. The lowest BCUT2D eigenvalue weighted by atomic mass is 9.94. The van der Waals surface area contributed by atoms with Crippen LogP contribution in [0, 0.1) is 23.3 Å². The van der Waals surface area contributed by atoms with E-state index in [2.05, 4.69) is 32.4 Å². The Morgan fingerprint density at radius 1 is 0.826 bits per heavy atom. The van der Waals surface area contributed by atoms with E-state index in [0.29, 0.717) is 12.8 Å². The van der Waals surface area contributed by atoms with Gasteiger partial charge in [0.15, 0.2) is 0 Å². The summed E-state index contributed by atoms with van der Waals surface area (Å²) in [6, 6.07) is 14.2. The fraction of sp³-hybridized carbons (Fsp3) is 0.444. The van der Waals surface area contributed by atoms with Gasteiger partial charge in [-0.05, 0) is 34.9 Å². The topological polar surface area (TPSA) is 129 Å². The zero-order valence-corrected chi connectivity index (χ0v) is 29.0. The summed E-state index contributed by atoms with van der Waals surface area (Å²) in [5.74, 6) is 0.942.